The van der Waals surface area contributed by atoms with Crippen LogP contribution in [0.25, 0.3) is 0 Å². The number of carbonyl (C=O) groups excluding carboxylic acids is 1. The number of halogens is 1. The number of unbranched alkanes of at least 4 members (excludes halogenated alkanes) is 2. The molecular formula is C17H26ClNO. The van der Waals surface area contributed by atoms with Gasteiger partial charge in [0, 0.05) is 29.6 Å². The van der Waals surface area contributed by atoms with Gasteiger partial charge in [0.05, 0.1) is 0 Å². The molecule has 0 atom stereocenters. The van der Waals surface area contributed by atoms with Crippen LogP contribution >= 0.6 is 11.6 Å². The molecule has 2 nitrogen and oxygen atoms in total. The van der Waals surface area contributed by atoms with Crippen LogP contribution in [0.15, 0.2) is 24.3 Å². The van der Waals surface area contributed by atoms with Crippen LogP contribution in [0.1, 0.15) is 56.8 Å². The van der Waals surface area contributed by atoms with Crippen molar-refractivity contribution in [1.82, 2.24) is 4.90 Å². The zero-order chi connectivity index (χ0) is 15.0. The van der Waals surface area contributed by atoms with Crippen molar-refractivity contribution in [2.75, 3.05) is 13.1 Å². The Kier molecular flexibility index (Phi) is 7.86. The Hall–Kier alpha value is -0.860. The Morgan fingerprint density at radius 1 is 1.15 bits per heavy atom. The van der Waals surface area contributed by atoms with Gasteiger partial charge in [-0.15, -0.1) is 0 Å². The van der Waals surface area contributed by atoms with Crippen molar-refractivity contribution in [3.8, 4) is 0 Å². The summed E-state index contributed by atoms with van der Waals surface area (Å²) in [7, 11) is 0. The molecule has 20 heavy (non-hydrogen) atoms. The molecule has 0 N–H and O–H groups in total. The van der Waals surface area contributed by atoms with Gasteiger partial charge in [0.2, 0.25) is 0 Å². The summed E-state index contributed by atoms with van der Waals surface area (Å²) in [5.74, 6) is 0.197. The van der Waals surface area contributed by atoms with Crippen molar-refractivity contribution in [2.45, 2.75) is 52.5 Å². The Morgan fingerprint density at radius 2 is 1.80 bits per heavy atom. The predicted molar refractivity (Wildman–Crippen MR) is 86.6 cm³/mol. The summed E-state index contributed by atoms with van der Waals surface area (Å²) in [6.07, 6.45) is 4.28. The molecule has 0 saturated heterocycles. The first-order valence-corrected chi connectivity index (χ1v) is 7.95. The van der Waals surface area contributed by atoms with Crippen LogP contribution in [0.3, 0.4) is 0 Å². The van der Waals surface area contributed by atoms with Gasteiger partial charge in [0.15, 0.2) is 5.78 Å². The Labute approximate surface area is 128 Å². The van der Waals surface area contributed by atoms with Gasteiger partial charge >= 0.3 is 0 Å². The van der Waals surface area contributed by atoms with Crippen LogP contribution in [0.2, 0.25) is 5.02 Å². The fourth-order valence-corrected chi connectivity index (χ4v) is 2.34. The number of hydrogen-bond acceptors (Lipinski definition) is 2. The van der Waals surface area contributed by atoms with Crippen molar-refractivity contribution in [3.05, 3.63) is 34.9 Å². The highest BCUT2D eigenvalue weighted by Crippen LogP contribution is 2.12. The maximum Gasteiger partial charge on any atom is 0.164 e. The summed E-state index contributed by atoms with van der Waals surface area (Å²) >= 11 is 5.84. The highest BCUT2D eigenvalue weighted by atomic mass is 35.5. The molecule has 112 valence electrons. The van der Waals surface area contributed by atoms with E-state index >= 15 is 0 Å². The van der Waals surface area contributed by atoms with Gasteiger partial charge in [0.1, 0.15) is 0 Å². The third-order valence-electron chi connectivity index (χ3n) is 3.57. The summed E-state index contributed by atoms with van der Waals surface area (Å²) in [6.45, 7) is 8.52. The third kappa shape index (κ3) is 6.06. The van der Waals surface area contributed by atoms with E-state index in [1.165, 1.54) is 19.3 Å². The minimum Gasteiger partial charge on any atom is -0.300 e. The summed E-state index contributed by atoms with van der Waals surface area (Å²) in [6, 6.07) is 7.65. The fourth-order valence-electron chi connectivity index (χ4n) is 2.22. The van der Waals surface area contributed by atoms with Crippen molar-refractivity contribution < 1.29 is 4.79 Å². The molecule has 0 heterocycles. The van der Waals surface area contributed by atoms with Gasteiger partial charge < -0.3 is 4.90 Å². The standard InChI is InChI=1S/C17H26ClNO/c1-4-5-6-12-19(14(2)3)13-11-17(20)15-7-9-16(18)10-8-15/h7-10,14H,4-6,11-13H2,1-3H3. The first-order chi connectivity index (χ1) is 9.54. The second-order valence-corrected chi connectivity index (χ2v) is 5.95. The van der Waals surface area contributed by atoms with Gasteiger partial charge in [-0.25, -0.2) is 0 Å². The lowest BCUT2D eigenvalue weighted by Crippen LogP contribution is -2.33. The molecule has 0 saturated carbocycles. The number of rotatable bonds is 9. The SMILES string of the molecule is CCCCCN(CCC(=O)c1ccc(Cl)cc1)C(C)C. The van der Waals surface area contributed by atoms with Gasteiger partial charge in [-0.1, -0.05) is 31.4 Å². The normalized spacial score (nSPS) is 11.3. The zero-order valence-corrected chi connectivity index (χ0v) is 13.6. The van der Waals surface area contributed by atoms with E-state index in [1.807, 2.05) is 12.1 Å². The van der Waals surface area contributed by atoms with Crippen molar-refractivity contribution in [2.24, 2.45) is 0 Å². The molecule has 3 heteroatoms. The quantitative estimate of drug-likeness (QED) is 0.481. The summed E-state index contributed by atoms with van der Waals surface area (Å²) in [5, 5.41) is 0.671. The van der Waals surface area contributed by atoms with E-state index < -0.39 is 0 Å². The molecule has 0 aliphatic heterocycles. The Bertz CT molecular complexity index is 400. The van der Waals surface area contributed by atoms with Crippen molar-refractivity contribution in [1.29, 1.82) is 0 Å². The average Bonchev–Trinajstić information content (AvgIpc) is 2.42. The maximum absolute atomic E-state index is 12.1. The van der Waals surface area contributed by atoms with Crippen LogP contribution in [-0.2, 0) is 0 Å². The monoisotopic (exact) mass is 295 g/mol. The molecule has 0 aliphatic carbocycles. The molecule has 0 aliphatic rings. The van der Waals surface area contributed by atoms with E-state index in [2.05, 4.69) is 25.7 Å². The summed E-state index contributed by atoms with van der Waals surface area (Å²) < 4.78 is 0. The van der Waals surface area contributed by atoms with Gasteiger partial charge in [0.25, 0.3) is 0 Å². The van der Waals surface area contributed by atoms with Gasteiger partial charge in [-0.05, 0) is 51.1 Å². The molecule has 1 aromatic carbocycles. The van der Waals surface area contributed by atoms with E-state index in [1.54, 1.807) is 12.1 Å². The topological polar surface area (TPSA) is 20.3 Å². The molecule has 0 radical (unpaired) electrons. The number of ketones is 1. The Balaban J connectivity index is 2.45. The van der Waals surface area contributed by atoms with Crippen LogP contribution in [-0.4, -0.2) is 29.8 Å². The first kappa shape index (κ1) is 17.2. The number of carbonyl (C=O) groups is 1. The molecular weight excluding hydrogens is 270 g/mol. The van der Waals surface area contributed by atoms with Crippen molar-refractivity contribution in [3.63, 3.8) is 0 Å². The average molecular weight is 296 g/mol. The predicted octanol–water partition coefficient (Wildman–Crippen LogP) is 4.81. The molecule has 0 unspecified atom stereocenters. The largest absolute Gasteiger partial charge is 0.300 e. The molecule has 1 rings (SSSR count). The fraction of sp³-hybridized carbons (Fsp3) is 0.588. The molecule has 0 amide bonds. The van der Waals surface area contributed by atoms with E-state index in [9.17, 15) is 4.79 Å². The highest BCUT2D eigenvalue weighted by Gasteiger charge is 2.12. The number of Topliss-reactive ketones (excluding diaryl/α,β-unsaturated/α-hetero) is 1. The van der Waals surface area contributed by atoms with Gasteiger partial charge in [-0.3, -0.25) is 4.79 Å². The molecule has 1 aromatic rings. The van der Waals surface area contributed by atoms with E-state index in [4.69, 9.17) is 11.6 Å². The Morgan fingerprint density at radius 3 is 2.35 bits per heavy atom. The van der Waals surface area contributed by atoms with Crippen LogP contribution in [0, 0.1) is 0 Å². The maximum atomic E-state index is 12.1. The first-order valence-electron chi connectivity index (χ1n) is 7.57. The minimum atomic E-state index is 0.197. The lowest BCUT2D eigenvalue weighted by atomic mass is 10.1. The summed E-state index contributed by atoms with van der Waals surface area (Å²) in [5.41, 5.74) is 0.756. The molecule has 0 fully saturated rings. The highest BCUT2D eigenvalue weighted by molar-refractivity contribution is 6.30. The van der Waals surface area contributed by atoms with Crippen molar-refractivity contribution >= 4 is 17.4 Å². The molecule has 0 bridgehead atoms. The summed E-state index contributed by atoms with van der Waals surface area (Å²) in [4.78, 5) is 14.5. The lowest BCUT2D eigenvalue weighted by molar-refractivity contribution is 0.0955. The van der Waals surface area contributed by atoms with Crippen LogP contribution < -0.4 is 0 Å². The lowest BCUT2D eigenvalue weighted by Gasteiger charge is -2.26. The zero-order valence-electron chi connectivity index (χ0n) is 12.9. The number of benzene rings is 1. The second kappa shape index (κ2) is 9.15. The number of nitrogens with zero attached hydrogens (tertiary/aromatic N) is 1. The van der Waals surface area contributed by atoms with E-state index in [0.29, 0.717) is 17.5 Å². The second-order valence-electron chi connectivity index (χ2n) is 5.52. The number of hydrogen-bond donors (Lipinski definition) is 0. The van der Waals surface area contributed by atoms with E-state index in [-0.39, 0.29) is 5.78 Å². The smallest absolute Gasteiger partial charge is 0.164 e. The van der Waals surface area contributed by atoms with Gasteiger partial charge in [-0.2, -0.15) is 0 Å². The minimum absolute atomic E-state index is 0.197. The molecule has 0 spiro atoms. The molecule has 0 aromatic heterocycles. The van der Waals surface area contributed by atoms with Crippen LogP contribution in [0.4, 0.5) is 0 Å². The van der Waals surface area contributed by atoms with Crippen LogP contribution in [0.5, 0.6) is 0 Å². The third-order valence-corrected chi connectivity index (χ3v) is 3.82. The van der Waals surface area contributed by atoms with E-state index in [0.717, 1.165) is 18.7 Å².